The van der Waals surface area contributed by atoms with Crippen LogP contribution in [0.1, 0.15) is 17.5 Å². The molecule has 0 spiro atoms. The molecule has 0 aromatic heterocycles. The van der Waals surface area contributed by atoms with Crippen LogP contribution < -0.4 is 14.5 Å². The van der Waals surface area contributed by atoms with E-state index in [9.17, 15) is 9.59 Å². The van der Waals surface area contributed by atoms with Crippen LogP contribution in [0.4, 0.5) is 16.2 Å². The Morgan fingerprint density at radius 1 is 1.11 bits per heavy atom. The fourth-order valence-electron chi connectivity index (χ4n) is 3.16. The summed E-state index contributed by atoms with van der Waals surface area (Å²) in [6, 6.07) is 14.5. The minimum atomic E-state index is -0.245. The zero-order valence-corrected chi connectivity index (χ0v) is 15.8. The lowest BCUT2D eigenvalue weighted by atomic mass is 10.1. The molecule has 0 radical (unpaired) electrons. The Labute approximate surface area is 163 Å². The maximum absolute atomic E-state index is 12.9. The molecule has 3 rings (SSSR count). The average molecular weight is 379 g/mol. The van der Waals surface area contributed by atoms with Crippen LogP contribution in [-0.2, 0) is 16.0 Å². The highest BCUT2D eigenvalue weighted by molar-refractivity contribution is 6.06. The lowest BCUT2D eigenvalue weighted by molar-refractivity contribution is -0.140. The molecule has 7 nitrogen and oxygen atoms in total. The van der Waals surface area contributed by atoms with E-state index in [2.05, 4.69) is 10.8 Å². The first-order valence-electron chi connectivity index (χ1n) is 8.90. The van der Waals surface area contributed by atoms with Crippen molar-refractivity contribution in [1.82, 2.24) is 0 Å². The number of carbonyl (C=O) groups excluding carboxylic acids is 2. The van der Waals surface area contributed by atoms with Gasteiger partial charge in [0.1, 0.15) is 5.75 Å². The molecule has 0 saturated carbocycles. The second-order valence-corrected chi connectivity index (χ2v) is 6.33. The molecule has 2 aromatic carbocycles. The van der Waals surface area contributed by atoms with Crippen molar-refractivity contribution in [3.8, 4) is 11.8 Å². The fraction of sp³-hybridized carbons (Fsp3) is 0.286. The van der Waals surface area contributed by atoms with E-state index in [1.807, 2.05) is 24.3 Å². The van der Waals surface area contributed by atoms with Crippen molar-refractivity contribution in [3.05, 3.63) is 53.6 Å². The second-order valence-electron chi connectivity index (χ2n) is 6.33. The highest BCUT2D eigenvalue weighted by Crippen LogP contribution is 2.33. The van der Waals surface area contributed by atoms with E-state index in [1.54, 1.807) is 28.0 Å². The summed E-state index contributed by atoms with van der Waals surface area (Å²) in [6.45, 7) is 1.06. The number of anilines is 2. The predicted octanol–water partition coefficient (Wildman–Crippen LogP) is 3.12. The Kier molecular flexibility index (Phi) is 5.80. The normalized spacial score (nSPS) is 13.4. The Morgan fingerprint density at radius 2 is 1.82 bits per heavy atom. The molecule has 1 heterocycles. The molecule has 2 amide bonds. The number of benzene rings is 2. The maximum atomic E-state index is 12.9. The summed E-state index contributed by atoms with van der Waals surface area (Å²) >= 11 is 0. The fourth-order valence-corrected chi connectivity index (χ4v) is 3.16. The maximum Gasteiger partial charge on any atom is 0.329 e. The van der Waals surface area contributed by atoms with Gasteiger partial charge in [0, 0.05) is 31.3 Å². The van der Waals surface area contributed by atoms with Gasteiger partial charge in [-0.3, -0.25) is 14.6 Å². The number of esters is 1. The van der Waals surface area contributed by atoms with Crippen molar-refractivity contribution in [2.75, 3.05) is 37.1 Å². The first-order valence-corrected chi connectivity index (χ1v) is 8.90. The van der Waals surface area contributed by atoms with Gasteiger partial charge in [-0.2, -0.15) is 5.26 Å². The Hall–Kier alpha value is -3.53. The molecular weight excluding hydrogens is 358 g/mol. The molecule has 0 atom stereocenters. The second kappa shape index (κ2) is 8.44. The van der Waals surface area contributed by atoms with Crippen molar-refractivity contribution in [1.29, 1.82) is 5.26 Å². The van der Waals surface area contributed by atoms with Gasteiger partial charge in [0.15, 0.2) is 0 Å². The lowest BCUT2D eigenvalue weighted by Crippen LogP contribution is -2.31. The average Bonchev–Trinajstić information content (AvgIpc) is 3.12. The number of urea groups is 1. The lowest BCUT2D eigenvalue weighted by Gasteiger charge is -2.21. The van der Waals surface area contributed by atoms with E-state index < -0.39 is 0 Å². The molecule has 1 fully saturated rings. The molecule has 144 valence electrons. The van der Waals surface area contributed by atoms with Crippen molar-refractivity contribution in [2.24, 2.45) is 0 Å². The zero-order valence-electron chi connectivity index (χ0n) is 15.8. The van der Waals surface area contributed by atoms with Gasteiger partial charge in [0.2, 0.25) is 0 Å². The highest BCUT2D eigenvalue weighted by Gasteiger charge is 2.32. The number of amides is 2. The minimum Gasteiger partial charge on any atom is -0.495 e. The molecule has 1 aliphatic rings. The molecule has 0 aliphatic carbocycles. The molecule has 1 saturated heterocycles. The standard InChI is InChI=1S/C21H21N3O4/c1-27-19-13-16(14-22)5-9-18(19)24-12-11-23(21(24)26)17-7-3-15(4-8-17)6-10-20(25)28-2/h3-5,7-9,13H,6,10-12H2,1-2H3. The van der Waals surface area contributed by atoms with Gasteiger partial charge in [0.25, 0.3) is 0 Å². The number of carbonyl (C=O) groups is 2. The molecule has 0 bridgehead atoms. The summed E-state index contributed by atoms with van der Waals surface area (Å²) in [6.07, 6.45) is 0.917. The third-order valence-electron chi connectivity index (χ3n) is 4.70. The molecule has 0 unspecified atom stereocenters. The Balaban J connectivity index is 1.74. The summed E-state index contributed by atoms with van der Waals surface area (Å²) in [5, 5.41) is 9.04. The third-order valence-corrected chi connectivity index (χ3v) is 4.70. The van der Waals surface area contributed by atoms with Crippen molar-refractivity contribution in [2.45, 2.75) is 12.8 Å². The van der Waals surface area contributed by atoms with E-state index in [1.165, 1.54) is 14.2 Å². The number of nitriles is 1. The number of ether oxygens (including phenoxy) is 2. The van der Waals surface area contributed by atoms with Crippen molar-refractivity contribution < 1.29 is 19.1 Å². The Bertz CT molecular complexity index is 918. The van der Waals surface area contributed by atoms with Crippen LogP contribution in [0.2, 0.25) is 0 Å². The topological polar surface area (TPSA) is 82.9 Å². The summed E-state index contributed by atoms with van der Waals surface area (Å²) in [5.41, 5.74) is 2.92. The Morgan fingerprint density at radius 3 is 2.46 bits per heavy atom. The molecule has 2 aromatic rings. The van der Waals surface area contributed by atoms with Gasteiger partial charge < -0.3 is 9.47 Å². The van der Waals surface area contributed by atoms with Crippen LogP contribution in [0, 0.1) is 11.3 Å². The summed E-state index contributed by atoms with van der Waals surface area (Å²) in [5.74, 6) is 0.248. The van der Waals surface area contributed by atoms with Crippen LogP contribution in [0.3, 0.4) is 0 Å². The van der Waals surface area contributed by atoms with Crippen molar-refractivity contribution in [3.63, 3.8) is 0 Å². The van der Waals surface area contributed by atoms with E-state index >= 15 is 0 Å². The summed E-state index contributed by atoms with van der Waals surface area (Å²) in [7, 11) is 2.89. The number of rotatable bonds is 6. The highest BCUT2D eigenvalue weighted by atomic mass is 16.5. The number of aryl methyl sites for hydroxylation is 1. The van der Waals surface area contributed by atoms with Gasteiger partial charge >= 0.3 is 12.0 Å². The first-order chi connectivity index (χ1) is 13.6. The van der Waals surface area contributed by atoms with E-state index in [-0.39, 0.29) is 12.0 Å². The summed E-state index contributed by atoms with van der Waals surface area (Å²) in [4.78, 5) is 27.5. The SMILES string of the molecule is COC(=O)CCc1ccc(N2CCN(c3ccc(C#N)cc3OC)C2=O)cc1. The number of methoxy groups -OCH3 is 2. The van der Waals surface area contributed by atoms with Crippen LogP contribution in [0.25, 0.3) is 0 Å². The molecular formula is C21H21N3O4. The van der Waals surface area contributed by atoms with Gasteiger partial charge in [-0.25, -0.2) is 4.79 Å². The minimum absolute atomic E-state index is 0.148. The number of hydrogen-bond acceptors (Lipinski definition) is 5. The van der Waals surface area contributed by atoms with Gasteiger partial charge in [-0.15, -0.1) is 0 Å². The quantitative estimate of drug-likeness (QED) is 0.720. The zero-order chi connectivity index (χ0) is 20.1. The van der Waals surface area contributed by atoms with Crippen LogP contribution in [-0.4, -0.2) is 39.3 Å². The molecule has 0 N–H and O–H groups in total. The van der Waals surface area contributed by atoms with Crippen LogP contribution in [0.15, 0.2) is 42.5 Å². The van der Waals surface area contributed by atoms with E-state index in [4.69, 9.17) is 10.00 Å². The molecule has 28 heavy (non-hydrogen) atoms. The smallest absolute Gasteiger partial charge is 0.329 e. The van der Waals surface area contributed by atoms with Crippen molar-refractivity contribution >= 4 is 23.4 Å². The first kappa shape index (κ1) is 19.2. The largest absolute Gasteiger partial charge is 0.495 e. The van der Waals surface area contributed by atoms with Gasteiger partial charge in [0.05, 0.1) is 31.5 Å². The van der Waals surface area contributed by atoms with Crippen LogP contribution in [0.5, 0.6) is 5.75 Å². The summed E-state index contributed by atoms with van der Waals surface area (Å²) < 4.78 is 10.0. The van der Waals surface area contributed by atoms with E-state index in [0.717, 1.165) is 11.3 Å². The van der Waals surface area contributed by atoms with E-state index in [0.29, 0.717) is 42.9 Å². The number of hydrogen-bond donors (Lipinski definition) is 0. The van der Waals surface area contributed by atoms with Gasteiger partial charge in [-0.1, -0.05) is 12.1 Å². The third kappa shape index (κ3) is 3.91. The van der Waals surface area contributed by atoms with Gasteiger partial charge in [-0.05, 0) is 36.2 Å². The number of nitrogens with zero attached hydrogens (tertiary/aromatic N) is 3. The molecule has 1 aliphatic heterocycles. The predicted molar refractivity (Wildman–Crippen MR) is 105 cm³/mol. The van der Waals surface area contributed by atoms with Crippen LogP contribution >= 0.6 is 0 Å². The molecule has 7 heteroatoms. The monoisotopic (exact) mass is 379 g/mol.